The van der Waals surface area contributed by atoms with Crippen LogP contribution >= 0.6 is 0 Å². The molecule has 0 amide bonds. The first-order valence-corrected chi connectivity index (χ1v) is 8.87. The number of fused-ring (bicyclic) bond motifs is 2. The summed E-state index contributed by atoms with van der Waals surface area (Å²) in [4.78, 5) is 12.6. The Morgan fingerprint density at radius 3 is 2.77 bits per heavy atom. The molecule has 5 rings (SSSR count). The van der Waals surface area contributed by atoms with Crippen molar-refractivity contribution in [2.24, 2.45) is 0 Å². The number of aromatic amines is 1. The number of phenols is 1. The van der Waals surface area contributed by atoms with E-state index in [9.17, 15) is 14.3 Å². The Morgan fingerprint density at radius 1 is 1.20 bits per heavy atom. The van der Waals surface area contributed by atoms with Crippen molar-refractivity contribution >= 4 is 11.6 Å². The van der Waals surface area contributed by atoms with Gasteiger partial charge < -0.3 is 15.2 Å². The molecule has 0 saturated heterocycles. The molecule has 10 nitrogen and oxygen atoms in total. The van der Waals surface area contributed by atoms with E-state index in [1.54, 1.807) is 24.3 Å². The molecule has 150 valence electrons. The largest absolute Gasteiger partial charge is 0.504 e. The molecule has 30 heavy (non-hydrogen) atoms. The number of ether oxygens (including phenoxy) is 1. The van der Waals surface area contributed by atoms with Crippen molar-refractivity contribution in [1.82, 2.24) is 30.4 Å². The molecule has 0 fully saturated rings. The molecule has 3 N–H and O–H groups in total. The SMILES string of the molecule is COc1cc([C@@H]2c3c(-c4ccc(F)cc4)n[nH]c(=O)c3Nc3nnnn32)ccc1O. The lowest BCUT2D eigenvalue weighted by atomic mass is 9.92. The van der Waals surface area contributed by atoms with Gasteiger partial charge in [-0.25, -0.2) is 9.49 Å². The van der Waals surface area contributed by atoms with Gasteiger partial charge >= 0.3 is 0 Å². The van der Waals surface area contributed by atoms with E-state index in [-0.39, 0.29) is 23.1 Å². The van der Waals surface area contributed by atoms with Crippen LogP contribution < -0.4 is 15.6 Å². The van der Waals surface area contributed by atoms with E-state index in [0.717, 1.165) is 0 Å². The van der Waals surface area contributed by atoms with E-state index in [1.165, 1.54) is 30.0 Å². The summed E-state index contributed by atoms with van der Waals surface area (Å²) in [7, 11) is 1.44. The smallest absolute Gasteiger partial charge is 0.288 e. The van der Waals surface area contributed by atoms with Crippen LogP contribution in [0, 0.1) is 5.82 Å². The number of hydrogen-bond donors (Lipinski definition) is 3. The lowest BCUT2D eigenvalue weighted by molar-refractivity contribution is 0.372. The van der Waals surface area contributed by atoms with Gasteiger partial charge in [0.25, 0.3) is 5.56 Å². The molecule has 0 saturated carbocycles. The van der Waals surface area contributed by atoms with E-state index in [0.29, 0.717) is 22.4 Å². The zero-order chi connectivity index (χ0) is 20.8. The molecule has 3 heterocycles. The summed E-state index contributed by atoms with van der Waals surface area (Å²) in [6, 6.07) is 9.90. The average molecular weight is 407 g/mol. The molecule has 0 radical (unpaired) electrons. The fourth-order valence-electron chi connectivity index (χ4n) is 3.54. The average Bonchev–Trinajstić information content (AvgIpc) is 3.22. The Morgan fingerprint density at radius 2 is 2.00 bits per heavy atom. The third-order valence-electron chi connectivity index (χ3n) is 4.91. The van der Waals surface area contributed by atoms with E-state index >= 15 is 0 Å². The first-order valence-electron chi connectivity index (χ1n) is 8.87. The van der Waals surface area contributed by atoms with Gasteiger partial charge in [0.1, 0.15) is 17.5 Å². The van der Waals surface area contributed by atoms with Gasteiger partial charge in [0.05, 0.1) is 12.8 Å². The number of aromatic hydroxyl groups is 1. The van der Waals surface area contributed by atoms with Crippen molar-refractivity contribution in [2.45, 2.75) is 6.04 Å². The molecule has 2 aromatic heterocycles. The van der Waals surface area contributed by atoms with Crippen LogP contribution in [0.25, 0.3) is 11.3 Å². The molecule has 2 aromatic carbocycles. The number of nitrogens with one attached hydrogen (secondary N) is 2. The molecule has 0 spiro atoms. The van der Waals surface area contributed by atoms with Gasteiger partial charge in [-0.3, -0.25) is 4.79 Å². The number of anilines is 2. The van der Waals surface area contributed by atoms with Crippen molar-refractivity contribution in [3.8, 4) is 22.8 Å². The maximum absolute atomic E-state index is 13.5. The zero-order valence-electron chi connectivity index (χ0n) is 15.5. The standard InChI is InChI=1S/C19H14FN7O3/c1-30-13-8-10(4-7-12(13)28)17-14-15(9-2-5-11(20)6-3-9)22-23-18(29)16(14)21-19-24-25-26-27(17)19/h2-8,17,28H,1H3,(H,23,29)(H,21,24,26)/t17-/m1/s1. The minimum absolute atomic E-state index is 0.0323. The number of H-pyrrole nitrogens is 1. The molecule has 0 bridgehead atoms. The second-order valence-corrected chi connectivity index (χ2v) is 6.60. The summed E-state index contributed by atoms with van der Waals surface area (Å²) in [5.41, 5.74) is 1.94. The predicted octanol–water partition coefficient (Wildman–Crippen LogP) is 1.97. The lowest BCUT2D eigenvalue weighted by Crippen LogP contribution is -2.29. The van der Waals surface area contributed by atoms with Crippen molar-refractivity contribution in [3.05, 3.63) is 69.8 Å². The zero-order valence-corrected chi connectivity index (χ0v) is 15.5. The van der Waals surface area contributed by atoms with Gasteiger partial charge in [-0.15, -0.1) is 0 Å². The Balaban J connectivity index is 1.81. The van der Waals surface area contributed by atoms with Crippen LogP contribution in [0.2, 0.25) is 0 Å². The first kappa shape index (κ1) is 17.8. The highest BCUT2D eigenvalue weighted by Gasteiger charge is 2.34. The molecule has 0 unspecified atom stereocenters. The van der Waals surface area contributed by atoms with Crippen molar-refractivity contribution in [1.29, 1.82) is 0 Å². The van der Waals surface area contributed by atoms with Crippen LogP contribution in [0.5, 0.6) is 11.5 Å². The highest BCUT2D eigenvalue weighted by molar-refractivity contribution is 5.75. The summed E-state index contributed by atoms with van der Waals surface area (Å²) in [6.45, 7) is 0. The minimum Gasteiger partial charge on any atom is -0.504 e. The van der Waals surface area contributed by atoms with E-state index in [4.69, 9.17) is 4.74 Å². The topological polar surface area (TPSA) is 131 Å². The molecular weight excluding hydrogens is 393 g/mol. The molecule has 1 atom stereocenters. The summed E-state index contributed by atoms with van der Waals surface area (Å²) in [6.07, 6.45) is 0. The number of methoxy groups -OCH3 is 1. The number of tetrazole rings is 1. The number of halogens is 1. The van der Waals surface area contributed by atoms with E-state index in [2.05, 4.69) is 31.0 Å². The Kier molecular flexibility index (Phi) is 3.95. The Hall–Kier alpha value is -4.28. The maximum Gasteiger partial charge on any atom is 0.288 e. The van der Waals surface area contributed by atoms with Crippen molar-refractivity contribution in [3.63, 3.8) is 0 Å². The highest BCUT2D eigenvalue weighted by atomic mass is 19.1. The number of benzene rings is 2. The predicted molar refractivity (Wildman–Crippen MR) is 103 cm³/mol. The van der Waals surface area contributed by atoms with Gasteiger partial charge in [-0.2, -0.15) is 9.78 Å². The number of nitrogens with zero attached hydrogens (tertiary/aromatic N) is 5. The summed E-state index contributed by atoms with van der Waals surface area (Å²) in [5.74, 6) is 0.0949. The van der Waals surface area contributed by atoms with Crippen LogP contribution in [-0.4, -0.2) is 42.6 Å². The molecule has 4 aromatic rings. The Labute approximate surface area is 168 Å². The van der Waals surface area contributed by atoms with Crippen LogP contribution in [0.1, 0.15) is 17.2 Å². The fourth-order valence-corrected chi connectivity index (χ4v) is 3.54. The number of phenolic OH excluding ortho intramolecular Hbond substituents is 1. The fraction of sp³-hybridized carbons (Fsp3) is 0.105. The van der Waals surface area contributed by atoms with Crippen molar-refractivity contribution < 1.29 is 14.2 Å². The quantitative estimate of drug-likeness (QED) is 0.414. The number of aromatic nitrogens is 6. The lowest BCUT2D eigenvalue weighted by Gasteiger charge is -2.28. The summed E-state index contributed by atoms with van der Waals surface area (Å²) in [5, 5.41) is 31.3. The summed E-state index contributed by atoms with van der Waals surface area (Å²) >= 11 is 0. The van der Waals surface area contributed by atoms with Gasteiger partial charge in [0, 0.05) is 11.1 Å². The third kappa shape index (κ3) is 2.67. The van der Waals surface area contributed by atoms with Gasteiger partial charge in [0.2, 0.25) is 5.95 Å². The van der Waals surface area contributed by atoms with E-state index in [1.807, 2.05) is 0 Å². The van der Waals surface area contributed by atoms with Crippen LogP contribution in [0.3, 0.4) is 0 Å². The normalized spacial score (nSPS) is 14.5. The first-order chi connectivity index (χ1) is 14.6. The molecule has 11 heteroatoms. The third-order valence-corrected chi connectivity index (χ3v) is 4.91. The minimum atomic E-state index is -0.657. The number of rotatable bonds is 3. The highest BCUT2D eigenvalue weighted by Crippen LogP contribution is 2.42. The maximum atomic E-state index is 13.5. The molecule has 0 aliphatic carbocycles. The molecule has 1 aliphatic heterocycles. The molecular formula is C19H14FN7O3. The second-order valence-electron chi connectivity index (χ2n) is 6.60. The van der Waals surface area contributed by atoms with Gasteiger partial charge in [0.15, 0.2) is 11.5 Å². The summed E-state index contributed by atoms with van der Waals surface area (Å²) < 4.78 is 20.2. The number of hydrogen-bond acceptors (Lipinski definition) is 8. The van der Waals surface area contributed by atoms with Gasteiger partial charge in [-0.1, -0.05) is 11.2 Å². The van der Waals surface area contributed by atoms with Crippen LogP contribution in [0.15, 0.2) is 47.3 Å². The van der Waals surface area contributed by atoms with Crippen LogP contribution in [0.4, 0.5) is 16.0 Å². The van der Waals surface area contributed by atoms with Gasteiger partial charge in [-0.05, 0) is 52.4 Å². The Bertz CT molecular complexity index is 1320. The van der Waals surface area contributed by atoms with Crippen molar-refractivity contribution in [2.75, 3.05) is 12.4 Å². The van der Waals surface area contributed by atoms with E-state index < -0.39 is 17.4 Å². The van der Waals surface area contributed by atoms with Crippen LogP contribution in [-0.2, 0) is 0 Å². The monoisotopic (exact) mass is 407 g/mol. The molecule has 1 aliphatic rings. The second kappa shape index (κ2) is 6.65.